The summed E-state index contributed by atoms with van der Waals surface area (Å²) in [5.41, 5.74) is 0. The van der Waals surface area contributed by atoms with Crippen LogP contribution in [0.2, 0.25) is 0 Å². The minimum absolute atomic E-state index is 0.0522. The molecule has 0 aromatic carbocycles. The Morgan fingerprint density at radius 1 is 0.427 bits per heavy atom. The second kappa shape index (κ2) is 62.9. The first-order valence-electron chi connectivity index (χ1n) is 34.6. The van der Waals surface area contributed by atoms with Crippen LogP contribution in [0.4, 0.5) is 0 Å². The van der Waals surface area contributed by atoms with Crippen LogP contribution in [0.5, 0.6) is 0 Å². The average molecular weight is 1170 g/mol. The van der Waals surface area contributed by atoms with Gasteiger partial charge in [-0.15, -0.1) is 0 Å². The van der Waals surface area contributed by atoms with E-state index in [1.807, 2.05) is 27.2 Å². The molecule has 1 amide bonds. The van der Waals surface area contributed by atoms with E-state index in [1.165, 1.54) is 212 Å². The van der Waals surface area contributed by atoms with Gasteiger partial charge in [0.2, 0.25) is 5.91 Å². The van der Waals surface area contributed by atoms with E-state index in [-0.39, 0.29) is 19.1 Å². The Balaban J connectivity index is 4.02. The number of quaternary nitrogens is 1. The Morgan fingerprint density at radius 3 is 1.12 bits per heavy atom. The number of nitrogens with zero attached hydrogens (tertiary/aromatic N) is 1. The molecule has 3 N–H and O–H groups in total. The molecule has 0 heterocycles. The lowest BCUT2D eigenvalue weighted by molar-refractivity contribution is -0.870. The summed E-state index contributed by atoms with van der Waals surface area (Å²) in [7, 11) is 1.55. The van der Waals surface area contributed by atoms with E-state index in [2.05, 4.69) is 104 Å². The zero-order valence-electron chi connectivity index (χ0n) is 54.5. The zero-order chi connectivity index (χ0) is 59.8. The summed E-state index contributed by atoms with van der Waals surface area (Å²) in [6.45, 7) is 4.70. The van der Waals surface area contributed by atoms with Crippen molar-refractivity contribution in [1.82, 2.24) is 5.32 Å². The maximum Gasteiger partial charge on any atom is 0.472 e. The molecular formula is C73H134N2O6P+. The average Bonchev–Trinajstić information content (AvgIpc) is 3.46. The minimum atomic E-state index is -4.37. The molecule has 0 radical (unpaired) electrons. The molecular weight excluding hydrogens is 1030 g/mol. The van der Waals surface area contributed by atoms with Crippen LogP contribution in [0.3, 0.4) is 0 Å². The third-order valence-corrected chi connectivity index (χ3v) is 16.2. The summed E-state index contributed by atoms with van der Waals surface area (Å²) in [6.07, 6.45) is 91.3. The van der Waals surface area contributed by atoms with Gasteiger partial charge in [0.25, 0.3) is 0 Å². The molecule has 0 spiro atoms. The van der Waals surface area contributed by atoms with Crippen LogP contribution in [0, 0.1) is 0 Å². The first-order chi connectivity index (χ1) is 40.0. The third kappa shape index (κ3) is 65.0. The van der Waals surface area contributed by atoms with Crippen LogP contribution < -0.4 is 5.32 Å². The van der Waals surface area contributed by atoms with Crippen molar-refractivity contribution in [2.24, 2.45) is 0 Å². The fraction of sp³-hybridized carbons (Fsp3) is 0.767. The molecule has 0 aliphatic heterocycles. The van der Waals surface area contributed by atoms with Crippen molar-refractivity contribution in [3.05, 3.63) is 97.2 Å². The maximum absolute atomic E-state index is 13.0. The van der Waals surface area contributed by atoms with Gasteiger partial charge in [0.15, 0.2) is 0 Å². The van der Waals surface area contributed by atoms with E-state index in [1.54, 1.807) is 6.08 Å². The Hall–Kier alpha value is -2.58. The molecule has 0 aliphatic rings. The number of allylic oxidation sites excluding steroid dienone is 15. The third-order valence-electron chi connectivity index (χ3n) is 15.3. The van der Waals surface area contributed by atoms with E-state index >= 15 is 0 Å². The Kier molecular flexibility index (Phi) is 61.0. The Labute approximate surface area is 509 Å². The van der Waals surface area contributed by atoms with Crippen LogP contribution in [-0.2, 0) is 18.4 Å². The SMILES string of the molecule is CC/C=C\C/C=C\C/C=C\C/C=C\C/C=C\CCCCCCCCCCCCCCCCCCCCCCCCCC(=O)NC(COP(=O)(O)OCC[N+](C)(C)C)C(O)/C=C/CC/C=C/CC/C=C/CCCCCCCCCCCCC. The Bertz CT molecular complexity index is 1660. The first-order valence-corrected chi connectivity index (χ1v) is 36.1. The fourth-order valence-electron chi connectivity index (χ4n) is 9.93. The summed E-state index contributed by atoms with van der Waals surface area (Å²) in [6, 6.07) is -0.873. The van der Waals surface area contributed by atoms with E-state index in [0.29, 0.717) is 17.4 Å². The lowest BCUT2D eigenvalue weighted by Gasteiger charge is -2.25. The topological polar surface area (TPSA) is 105 Å². The van der Waals surface area contributed by atoms with E-state index in [9.17, 15) is 19.4 Å². The monoisotopic (exact) mass is 1170 g/mol. The van der Waals surface area contributed by atoms with Crippen molar-refractivity contribution in [3.63, 3.8) is 0 Å². The number of phosphoric acid groups is 1. The number of aliphatic hydroxyl groups excluding tert-OH is 1. The van der Waals surface area contributed by atoms with Crippen LogP contribution in [0.1, 0.15) is 309 Å². The summed E-state index contributed by atoms with van der Waals surface area (Å²) in [5.74, 6) is -0.188. The van der Waals surface area contributed by atoms with Gasteiger partial charge in [0.1, 0.15) is 13.2 Å². The maximum atomic E-state index is 13.0. The number of hydrogen-bond donors (Lipinski definition) is 3. The minimum Gasteiger partial charge on any atom is -0.387 e. The molecule has 0 bridgehead atoms. The molecule has 0 aromatic rings. The second-order valence-electron chi connectivity index (χ2n) is 24.5. The quantitative estimate of drug-likeness (QED) is 0.0243. The molecule has 476 valence electrons. The largest absolute Gasteiger partial charge is 0.472 e. The number of nitrogens with one attached hydrogen (secondary N) is 1. The van der Waals surface area contributed by atoms with Crippen LogP contribution in [-0.4, -0.2) is 73.4 Å². The molecule has 8 nitrogen and oxygen atoms in total. The highest BCUT2D eigenvalue weighted by Gasteiger charge is 2.28. The van der Waals surface area contributed by atoms with Crippen molar-refractivity contribution < 1.29 is 32.9 Å². The number of unbranched alkanes of at least 4 members (excludes halogenated alkanes) is 36. The van der Waals surface area contributed by atoms with E-state index in [0.717, 1.165) is 77.0 Å². The van der Waals surface area contributed by atoms with Crippen LogP contribution in [0.15, 0.2) is 97.2 Å². The van der Waals surface area contributed by atoms with Gasteiger partial charge < -0.3 is 19.8 Å². The van der Waals surface area contributed by atoms with Gasteiger partial charge in [-0.25, -0.2) is 4.57 Å². The summed E-state index contributed by atoms with van der Waals surface area (Å²) in [5, 5.41) is 14.0. The number of likely N-dealkylation sites (N-methyl/N-ethyl adjacent to an activating group) is 1. The van der Waals surface area contributed by atoms with E-state index < -0.39 is 20.0 Å². The molecule has 3 unspecified atom stereocenters. The standard InChI is InChI=1S/C73H133N2O6P/c1-6-8-10-12-14-16-18-20-22-24-26-28-29-30-31-32-33-34-35-36-37-38-39-40-41-42-43-44-45-47-49-51-53-55-57-59-61-63-65-67-73(77)74-71(70-81-82(78,79)80-69-68-75(3,4)5)72(76)66-64-62-60-58-56-54-52-50-48-46-27-25-23-21-19-17-15-13-11-9-7-2/h8,10,14,16,20,22,26,28,30-31,48,50,56,58,64,66,71-72,76H,6-7,9,11-13,15,17-19,21,23-25,27,29,32-47,49,51-55,57,59-63,65,67-70H2,1-5H3,(H-,74,77,78,79)/p+1/b10-8-,16-14-,22-20-,28-26-,31-30-,50-48+,58-56+,66-64+. The number of rotatable bonds is 63. The lowest BCUT2D eigenvalue weighted by atomic mass is 10.0. The van der Waals surface area contributed by atoms with Gasteiger partial charge in [-0.05, 0) is 89.9 Å². The normalized spacial score (nSPS) is 14.3. The highest BCUT2D eigenvalue weighted by molar-refractivity contribution is 7.47. The van der Waals surface area contributed by atoms with Gasteiger partial charge in [-0.3, -0.25) is 13.8 Å². The smallest absolute Gasteiger partial charge is 0.387 e. The van der Waals surface area contributed by atoms with Gasteiger partial charge in [-0.1, -0.05) is 310 Å². The molecule has 0 rings (SSSR count). The number of carbonyl (C=O) groups is 1. The number of aliphatic hydroxyl groups is 1. The van der Waals surface area contributed by atoms with Gasteiger partial charge in [0.05, 0.1) is 39.9 Å². The molecule has 0 saturated heterocycles. The molecule has 9 heteroatoms. The van der Waals surface area contributed by atoms with E-state index in [4.69, 9.17) is 9.05 Å². The number of amides is 1. The number of hydrogen-bond acceptors (Lipinski definition) is 5. The van der Waals surface area contributed by atoms with Crippen molar-refractivity contribution in [3.8, 4) is 0 Å². The molecule has 3 atom stereocenters. The molecule has 0 saturated carbocycles. The predicted octanol–water partition coefficient (Wildman–Crippen LogP) is 22.1. The summed E-state index contributed by atoms with van der Waals surface area (Å²) < 4.78 is 23.8. The van der Waals surface area contributed by atoms with Crippen LogP contribution in [0.25, 0.3) is 0 Å². The van der Waals surface area contributed by atoms with Crippen molar-refractivity contribution in [2.45, 2.75) is 321 Å². The number of carbonyl (C=O) groups excluding carboxylic acids is 1. The Morgan fingerprint density at radius 2 is 0.744 bits per heavy atom. The second-order valence-corrected chi connectivity index (χ2v) is 26.0. The summed E-state index contributed by atoms with van der Waals surface area (Å²) >= 11 is 0. The molecule has 0 aliphatic carbocycles. The first kappa shape index (κ1) is 79.4. The zero-order valence-corrected chi connectivity index (χ0v) is 55.4. The highest BCUT2D eigenvalue weighted by Crippen LogP contribution is 2.43. The highest BCUT2D eigenvalue weighted by atomic mass is 31.2. The van der Waals surface area contributed by atoms with Crippen molar-refractivity contribution >= 4 is 13.7 Å². The van der Waals surface area contributed by atoms with Gasteiger partial charge in [-0.2, -0.15) is 0 Å². The predicted molar refractivity (Wildman–Crippen MR) is 359 cm³/mol. The summed E-state index contributed by atoms with van der Waals surface area (Å²) in [4.78, 5) is 23.4. The van der Waals surface area contributed by atoms with Gasteiger partial charge >= 0.3 is 7.82 Å². The van der Waals surface area contributed by atoms with Crippen LogP contribution >= 0.6 is 7.82 Å². The van der Waals surface area contributed by atoms with Gasteiger partial charge in [0, 0.05) is 6.42 Å². The lowest BCUT2D eigenvalue weighted by Crippen LogP contribution is -2.45. The molecule has 82 heavy (non-hydrogen) atoms. The van der Waals surface area contributed by atoms with Crippen molar-refractivity contribution in [2.75, 3.05) is 40.9 Å². The van der Waals surface area contributed by atoms with Crippen molar-refractivity contribution in [1.29, 1.82) is 0 Å². The molecule has 0 aromatic heterocycles. The molecule has 0 fully saturated rings. The fourth-order valence-corrected chi connectivity index (χ4v) is 10.7. The number of phosphoric ester groups is 1.